The fourth-order valence-electron chi connectivity index (χ4n) is 1.78. The summed E-state index contributed by atoms with van der Waals surface area (Å²) in [5.74, 6) is -0.505. The number of esters is 1. The fraction of sp³-hybridized carbons (Fsp3) is 0.500. The second-order valence-electron chi connectivity index (χ2n) is 5.86. The minimum atomic E-state index is -0.533. The van der Waals surface area contributed by atoms with Gasteiger partial charge in [0.1, 0.15) is 12.1 Å². The molecule has 0 unspecified atom stereocenters. The van der Waals surface area contributed by atoms with Crippen LogP contribution < -0.4 is 11.1 Å². The summed E-state index contributed by atoms with van der Waals surface area (Å²) in [5.41, 5.74) is 6.35. The minimum Gasteiger partial charge on any atom is -0.459 e. The maximum atomic E-state index is 12.2. The van der Waals surface area contributed by atoms with Gasteiger partial charge in [0.25, 0.3) is 0 Å². The summed E-state index contributed by atoms with van der Waals surface area (Å²) in [6.07, 6.45) is 0.569. The van der Waals surface area contributed by atoms with Crippen LogP contribution in [0.4, 0.5) is 5.69 Å². The molecule has 0 saturated carbocycles. The van der Waals surface area contributed by atoms with Crippen molar-refractivity contribution in [1.29, 1.82) is 0 Å². The molecule has 0 aromatic heterocycles. The smallest absolute Gasteiger partial charge is 0.325 e. The second kappa shape index (κ2) is 7.22. The number of hydrogen-bond donors (Lipinski definition) is 2. The number of nitrogens with two attached hydrogens (primary N) is 1. The molecule has 5 nitrogen and oxygen atoms in total. The summed E-state index contributed by atoms with van der Waals surface area (Å²) in [7, 11) is 0. The molecule has 0 heterocycles. The second-order valence-corrected chi connectivity index (χ2v) is 5.86. The maximum absolute atomic E-state index is 12.2. The molecule has 0 aliphatic heterocycles. The average Bonchev–Trinajstić information content (AvgIpc) is 2.42. The lowest BCUT2D eigenvalue weighted by Gasteiger charge is -2.20. The van der Waals surface area contributed by atoms with E-state index < -0.39 is 11.6 Å². The van der Waals surface area contributed by atoms with Crippen molar-refractivity contribution in [3.05, 3.63) is 29.8 Å². The van der Waals surface area contributed by atoms with Crippen molar-refractivity contribution in [3.63, 3.8) is 0 Å². The molecule has 0 spiro atoms. The SMILES string of the molecule is CC[C@H](N)C(=O)c1ccccc1NCC(=O)OC(C)(C)C. The first kappa shape index (κ1) is 17.2. The number of para-hydroxylation sites is 1. The van der Waals surface area contributed by atoms with E-state index in [-0.39, 0.29) is 18.3 Å². The van der Waals surface area contributed by atoms with Gasteiger partial charge in [-0.15, -0.1) is 0 Å². The monoisotopic (exact) mass is 292 g/mol. The molecular formula is C16H24N2O3. The van der Waals surface area contributed by atoms with Gasteiger partial charge in [0, 0.05) is 11.3 Å². The van der Waals surface area contributed by atoms with Gasteiger partial charge in [0.05, 0.1) is 6.04 Å². The van der Waals surface area contributed by atoms with Crippen LogP contribution in [-0.4, -0.2) is 29.9 Å². The molecule has 5 heteroatoms. The van der Waals surface area contributed by atoms with Crippen LogP contribution in [0.25, 0.3) is 0 Å². The topological polar surface area (TPSA) is 81.4 Å². The number of ketones is 1. The maximum Gasteiger partial charge on any atom is 0.325 e. The normalized spacial score (nSPS) is 12.6. The molecule has 0 bridgehead atoms. The van der Waals surface area contributed by atoms with Gasteiger partial charge >= 0.3 is 5.97 Å². The van der Waals surface area contributed by atoms with Crippen LogP contribution in [0.2, 0.25) is 0 Å². The van der Waals surface area contributed by atoms with E-state index in [1.165, 1.54) is 0 Å². The van der Waals surface area contributed by atoms with E-state index in [0.717, 1.165) is 0 Å². The standard InChI is InChI=1S/C16H24N2O3/c1-5-12(17)15(20)11-8-6-7-9-13(11)18-10-14(19)21-16(2,3)4/h6-9,12,18H,5,10,17H2,1-4H3/t12-/m0/s1. The van der Waals surface area contributed by atoms with Crippen LogP contribution in [0.5, 0.6) is 0 Å². The molecule has 0 aliphatic carbocycles. The number of nitrogens with one attached hydrogen (secondary N) is 1. The van der Waals surface area contributed by atoms with Gasteiger partial charge in [0.2, 0.25) is 0 Å². The van der Waals surface area contributed by atoms with Crippen LogP contribution in [0.1, 0.15) is 44.5 Å². The zero-order valence-electron chi connectivity index (χ0n) is 13.1. The molecule has 0 fully saturated rings. The van der Waals surface area contributed by atoms with E-state index in [0.29, 0.717) is 17.7 Å². The highest BCUT2D eigenvalue weighted by Gasteiger charge is 2.19. The summed E-state index contributed by atoms with van der Waals surface area (Å²) in [6, 6.07) is 6.49. The fourth-order valence-corrected chi connectivity index (χ4v) is 1.78. The number of carbonyl (C=O) groups is 2. The van der Waals surface area contributed by atoms with E-state index in [9.17, 15) is 9.59 Å². The lowest BCUT2D eigenvalue weighted by atomic mass is 10.0. The lowest BCUT2D eigenvalue weighted by Crippen LogP contribution is -2.31. The Morgan fingerprint density at radius 2 is 1.90 bits per heavy atom. The summed E-state index contributed by atoms with van der Waals surface area (Å²) in [4.78, 5) is 23.9. The van der Waals surface area contributed by atoms with Gasteiger partial charge in [-0.2, -0.15) is 0 Å². The molecule has 3 N–H and O–H groups in total. The van der Waals surface area contributed by atoms with Gasteiger partial charge in [-0.05, 0) is 39.3 Å². The predicted octanol–water partition coefficient (Wildman–Crippen LogP) is 2.36. The van der Waals surface area contributed by atoms with Gasteiger partial charge in [0.15, 0.2) is 5.78 Å². The van der Waals surface area contributed by atoms with Crippen molar-refractivity contribution >= 4 is 17.4 Å². The Labute approximate surface area is 125 Å². The molecule has 0 aliphatic rings. The Bertz CT molecular complexity index is 506. The molecule has 21 heavy (non-hydrogen) atoms. The average molecular weight is 292 g/mol. The minimum absolute atomic E-state index is 0.00290. The lowest BCUT2D eigenvalue weighted by molar-refractivity contribution is -0.152. The van der Waals surface area contributed by atoms with Crippen LogP contribution >= 0.6 is 0 Å². The summed E-state index contributed by atoms with van der Waals surface area (Å²) < 4.78 is 5.22. The zero-order chi connectivity index (χ0) is 16.0. The van der Waals surface area contributed by atoms with Crippen molar-refractivity contribution in [2.24, 2.45) is 5.73 Å². The molecule has 0 amide bonds. The number of anilines is 1. The summed E-state index contributed by atoms with van der Waals surface area (Å²) in [5, 5.41) is 2.94. The van der Waals surface area contributed by atoms with Crippen molar-refractivity contribution in [1.82, 2.24) is 0 Å². The van der Waals surface area contributed by atoms with E-state index in [1.54, 1.807) is 24.3 Å². The summed E-state index contributed by atoms with van der Waals surface area (Å²) in [6.45, 7) is 7.29. The Morgan fingerprint density at radius 3 is 2.48 bits per heavy atom. The number of ether oxygens (including phenoxy) is 1. The number of rotatable bonds is 6. The first-order valence-electron chi connectivity index (χ1n) is 7.09. The van der Waals surface area contributed by atoms with Crippen molar-refractivity contribution in [2.75, 3.05) is 11.9 Å². The largest absolute Gasteiger partial charge is 0.459 e. The first-order valence-corrected chi connectivity index (χ1v) is 7.09. The third-order valence-corrected chi connectivity index (χ3v) is 2.81. The van der Waals surface area contributed by atoms with Gasteiger partial charge in [-0.25, -0.2) is 0 Å². The highest BCUT2D eigenvalue weighted by atomic mass is 16.6. The van der Waals surface area contributed by atoms with Gasteiger partial charge in [-0.3, -0.25) is 9.59 Å². The number of carbonyl (C=O) groups excluding carboxylic acids is 2. The Hall–Kier alpha value is -1.88. The molecular weight excluding hydrogens is 268 g/mol. The van der Waals surface area contributed by atoms with Crippen molar-refractivity contribution in [2.45, 2.75) is 45.8 Å². The number of benzene rings is 1. The highest BCUT2D eigenvalue weighted by molar-refractivity contribution is 6.04. The van der Waals surface area contributed by atoms with Crippen LogP contribution in [0.3, 0.4) is 0 Å². The van der Waals surface area contributed by atoms with E-state index in [1.807, 2.05) is 27.7 Å². The molecule has 116 valence electrons. The quantitative estimate of drug-likeness (QED) is 0.621. The van der Waals surface area contributed by atoms with Crippen LogP contribution in [0.15, 0.2) is 24.3 Å². The van der Waals surface area contributed by atoms with Crippen molar-refractivity contribution in [3.8, 4) is 0 Å². The molecule has 1 rings (SSSR count). The summed E-state index contributed by atoms with van der Waals surface area (Å²) >= 11 is 0. The molecule has 0 saturated heterocycles. The van der Waals surface area contributed by atoms with E-state index >= 15 is 0 Å². The number of hydrogen-bond acceptors (Lipinski definition) is 5. The van der Waals surface area contributed by atoms with Crippen LogP contribution in [0, 0.1) is 0 Å². The Morgan fingerprint density at radius 1 is 1.29 bits per heavy atom. The molecule has 1 aromatic carbocycles. The van der Waals surface area contributed by atoms with E-state index in [4.69, 9.17) is 10.5 Å². The third kappa shape index (κ3) is 5.55. The van der Waals surface area contributed by atoms with Gasteiger partial charge in [-0.1, -0.05) is 19.1 Å². The first-order chi connectivity index (χ1) is 9.74. The highest BCUT2D eigenvalue weighted by Crippen LogP contribution is 2.17. The van der Waals surface area contributed by atoms with Crippen LogP contribution in [-0.2, 0) is 9.53 Å². The van der Waals surface area contributed by atoms with E-state index in [2.05, 4.69) is 5.32 Å². The molecule has 0 radical (unpaired) electrons. The molecule has 1 atom stereocenters. The predicted molar refractivity (Wildman–Crippen MR) is 83.4 cm³/mol. The third-order valence-electron chi connectivity index (χ3n) is 2.81. The number of Topliss-reactive ketones (excluding diaryl/α,β-unsaturated/α-hetero) is 1. The van der Waals surface area contributed by atoms with Gasteiger partial charge < -0.3 is 15.8 Å². The Kier molecular flexibility index (Phi) is 5.90. The zero-order valence-corrected chi connectivity index (χ0v) is 13.1. The molecule has 1 aromatic rings. The van der Waals surface area contributed by atoms with Crippen molar-refractivity contribution < 1.29 is 14.3 Å². The Balaban J connectivity index is 2.76.